The monoisotopic (exact) mass is 386 g/mol. The van der Waals surface area contributed by atoms with Gasteiger partial charge in [-0.1, -0.05) is 44.2 Å². The molecule has 0 aliphatic carbocycles. The second kappa shape index (κ2) is 8.52. The van der Waals surface area contributed by atoms with Gasteiger partial charge >= 0.3 is 6.03 Å². The number of piperidine rings is 2. The number of likely N-dealkylation sites (tertiary alicyclic amines) is 2. The Labute approximate surface area is 168 Å². The number of benzene rings is 1. The van der Waals surface area contributed by atoms with Crippen molar-refractivity contribution in [2.45, 2.75) is 45.7 Å². The van der Waals surface area contributed by atoms with E-state index in [4.69, 9.17) is 5.73 Å². The van der Waals surface area contributed by atoms with Crippen molar-refractivity contribution in [1.29, 1.82) is 0 Å². The molecule has 154 valence electrons. The lowest BCUT2D eigenvalue weighted by Gasteiger charge is -2.44. The third kappa shape index (κ3) is 4.66. The van der Waals surface area contributed by atoms with Gasteiger partial charge in [0.05, 0.1) is 0 Å². The second-order valence-electron chi connectivity index (χ2n) is 9.03. The summed E-state index contributed by atoms with van der Waals surface area (Å²) in [4.78, 5) is 31.3. The average Bonchev–Trinajstić information content (AvgIpc) is 2.69. The number of nitrogens with zero attached hydrogens (tertiary/aromatic N) is 3. The maximum atomic E-state index is 13.0. The minimum atomic E-state index is -0.0370. The standard InChI is InChI=1S/C22H34N4O2/c1-22(2)16-26(14-11-19(22)23)20(27)18-9-12-25(13-10-18)21(28)24(3)15-17-7-5-4-6-8-17/h4-8,18-19H,9-16,23H2,1-3H3. The number of carbonyl (C=O) groups excluding carboxylic acids is 2. The molecule has 0 aromatic heterocycles. The molecule has 0 radical (unpaired) electrons. The van der Waals surface area contributed by atoms with Crippen molar-refractivity contribution in [3.63, 3.8) is 0 Å². The maximum Gasteiger partial charge on any atom is 0.320 e. The van der Waals surface area contributed by atoms with Crippen LogP contribution in [0.1, 0.15) is 38.7 Å². The van der Waals surface area contributed by atoms with Gasteiger partial charge in [-0.25, -0.2) is 4.79 Å². The lowest BCUT2D eigenvalue weighted by atomic mass is 9.79. The summed E-state index contributed by atoms with van der Waals surface area (Å²) in [6.45, 7) is 7.65. The molecule has 1 atom stereocenters. The van der Waals surface area contributed by atoms with Crippen LogP contribution < -0.4 is 5.73 Å². The first-order valence-electron chi connectivity index (χ1n) is 10.4. The molecule has 6 nitrogen and oxygen atoms in total. The molecule has 2 aliphatic heterocycles. The predicted molar refractivity (Wildman–Crippen MR) is 111 cm³/mol. The van der Waals surface area contributed by atoms with E-state index in [1.165, 1.54) is 0 Å². The van der Waals surface area contributed by atoms with E-state index in [0.717, 1.165) is 37.9 Å². The lowest BCUT2D eigenvalue weighted by Crippen LogP contribution is -2.56. The Morgan fingerprint density at radius 3 is 2.29 bits per heavy atom. The Morgan fingerprint density at radius 2 is 1.68 bits per heavy atom. The molecule has 28 heavy (non-hydrogen) atoms. The van der Waals surface area contributed by atoms with E-state index in [1.54, 1.807) is 4.90 Å². The molecule has 0 saturated carbocycles. The highest BCUT2D eigenvalue weighted by molar-refractivity contribution is 5.80. The van der Waals surface area contributed by atoms with E-state index >= 15 is 0 Å². The number of nitrogens with two attached hydrogens (primary N) is 1. The third-order valence-electron chi connectivity index (χ3n) is 6.33. The van der Waals surface area contributed by atoms with Gasteiger partial charge < -0.3 is 20.4 Å². The smallest absolute Gasteiger partial charge is 0.320 e. The summed E-state index contributed by atoms with van der Waals surface area (Å²) >= 11 is 0. The number of urea groups is 1. The fraction of sp³-hybridized carbons (Fsp3) is 0.636. The van der Waals surface area contributed by atoms with Crippen molar-refractivity contribution >= 4 is 11.9 Å². The molecule has 3 amide bonds. The van der Waals surface area contributed by atoms with Gasteiger partial charge in [0.2, 0.25) is 5.91 Å². The summed E-state index contributed by atoms with van der Waals surface area (Å²) in [5, 5.41) is 0. The minimum Gasteiger partial charge on any atom is -0.342 e. The molecule has 1 unspecified atom stereocenters. The number of hydrogen-bond acceptors (Lipinski definition) is 3. The van der Waals surface area contributed by atoms with Gasteiger partial charge in [-0.3, -0.25) is 4.79 Å². The average molecular weight is 387 g/mol. The first-order valence-corrected chi connectivity index (χ1v) is 10.4. The maximum absolute atomic E-state index is 13.0. The Bertz CT molecular complexity index is 683. The quantitative estimate of drug-likeness (QED) is 0.868. The summed E-state index contributed by atoms with van der Waals surface area (Å²) in [7, 11) is 1.84. The van der Waals surface area contributed by atoms with Crippen LogP contribution in [0.2, 0.25) is 0 Å². The van der Waals surface area contributed by atoms with Crippen LogP contribution in [0.5, 0.6) is 0 Å². The first-order chi connectivity index (χ1) is 13.3. The Balaban J connectivity index is 1.50. The minimum absolute atomic E-state index is 0.0219. The normalized spacial score (nSPS) is 22.8. The zero-order chi connectivity index (χ0) is 20.3. The second-order valence-corrected chi connectivity index (χ2v) is 9.03. The molecule has 1 aromatic rings. The van der Waals surface area contributed by atoms with E-state index in [0.29, 0.717) is 19.6 Å². The van der Waals surface area contributed by atoms with E-state index in [2.05, 4.69) is 13.8 Å². The highest BCUT2D eigenvalue weighted by Crippen LogP contribution is 2.30. The number of amides is 3. The van der Waals surface area contributed by atoms with Gasteiger partial charge in [-0.15, -0.1) is 0 Å². The molecule has 3 rings (SSSR count). The molecule has 6 heteroatoms. The summed E-state index contributed by atoms with van der Waals surface area (Å²) in [5.74, 6) is 0.262. The van der Waals surface area contributed by atoms with Crippen LogP contribution in [0.25, 0.3) is 0 Å². The highest BCUT2D eigenvalue weighted by Gasteiger charge is 2.38. The first kappa shape index (κ1) is 20.6. The van der Waals surface area contributed by atoms with Crippen molar-refractivity contribution in [2.75, 3.05) is 33.2 Å². The van der Waals surface area contributed by atoms with Crippen LogP contribution in [-0.4, -0.2) is 65.9 Å². The van der Waals surface area contributed by atoms with E-state index in [9.17, 15) is 9.59 Å². The van der Waals surface area contributed by atoms with Crippen LogP contribution >= 0.6 is 0 Å². The summed E-state index contributed by atoms with van der Waals surface area (Å²) in [6.07, 6.45) is 2.35. The van der Waals surface area contributed by atoms with Gasteiger partial charge in [0.15, 0.2) is 0 Å². The Morgan fingerprint density at radius 1 is 1.07 bits per heavy atom. The largest absolute Gasteiger partial charge is 0.342 e. The summed E-state index contributed by atoms with van der Waals surface area (Å²) in [6, 6.07) is 10.2. The zero-order valence-corrected chi connectivity index (χ0v) is 17.4. The van der Waals surface area contributed by atoms with Crippen LogP contribution in [0, 0.1) is 11.3 Å². The molecule has 2 saturated heterocycles. The topological polar surface area (TPSA) is 69.9 Å². The van der Waals surface area contributed by atoms with Crippen molar-refractivity contribution in [3.05, 3.63) is 35.9 Å². The van der Waals surface area contributed by atoms with Crippen molar-refractivity contribution in [3.8, 4) is 0 Å². The van der Waals surface area contributed by atoms with Gasteiger partial charge in [-0.05, 0) is 30.2 Å². The number of rotatable bonds is 3. The lowest BCUT2D eigenvalue weighted by molar-refractivity contribution is -0.140. The van der Waals surface area contributed by atoms with Gasteiger partial charge in [0.1, 0.15) is 0 Å². The fourth-order valence-electron chi connectivity index (χ4n) is 4.30. The van der Waals surface area contributed by atoms with Crippen LogP contribution in [0.3, 0.4) is 0 Å². The molecular weight excluding hydrogens is 352 g/mol. The molecule has 2 N–H and O–H groups in total. The SMILES string of the molecule is CN(Cc1ccccc1)C(=O)N1CCC(C(=O)N2CCC(N)C(C)(C)C2)CC1. The third-order valence-corrected chi connectivity index (χ3v) is 6.33. The van der Waals surface area contributed by atoms with Gasteiger partial charge in [0, 0.05) is 51.7 Å². The number of hydrogen-bond donors (Lipinski definition) is 1. The number of carbonyl (C=O) groups is 2. The molecule has 0 spiro atoms. The predicted octanol–water partition coefficient (Wildman–Crippen LogP) is 2.54. The molecule has 0 bridgehead atoms. The highest BCUT2D eigenvalue weighted by atomic mass is 16.2. The van der Waals surface area contributed by atoms with Gasteiger partial charge in [-0.2, -0.15) is 0 Å². The van der Waals surface area contributed by atoms with Crippen LogP contribution in [-0.2, 0) is 11.3 Å². The summed E-state index contributed by atoms with van der Waals surface area (Å²) < 4.78 is 0. The van der Waals surface area contributed by atoms with E-state index in [-0.39, 0.29) is 29.3 Å². The molecular formula is C22H34N4O2. The molecule has 2 heterocycles. The fourth-order valence-corrected chi connectivity index (χ4v) is 4.30. The Hall–Kier alpha value is -2.08. The van der Waals surface area contributed by atoms with Crippen molar-refractivity contribution < 1.29 is 9.59 Å². The van der Waals surface area contributed by atoms with Crippen LogP contribution in [0.4, 0.5) is 4.79 Å². The van der Waals surface area contributed by atoms with E-state index in [1.807, 2.05) is 47.2 Å². The van der Waals surface area contributed by atoms with E-state index < -0.39 is 0 Å². The molecule has 2 fully saturated rings. The van der Waals surface area contributed by atoms with Gasteiger partial charge in [0.25, 0.3) is 0 Å². The molecule has 1 aromatic carbocycles. The van der Waals surface area contributed by atoms with Crippen molar-refractivity contribution in [2.24, 2.45) is 17.1 Å². The Kier molecular flexibility index (Phi) is 6.28. The van der Waals surface area contributed by atoms with Crippen molar-refractivity contribution in [1.82, 2.24) is 14.7 Å². The van der Waals surface area contributed by atoms with Crippen LogP contribution in [0.15, 0.2) is 30.3 Å². The molecule has 2 aliphatic rings. The summed E-state index contributed by atoms with van der Waals surface area (Å²) in [5.41, 5.74) is 7.28. The zero-order valence-electron chi connectivity index (χ0n) is 17.4.